The van der Waals surface area contributed by atoms with E-state index in [-0.39, 0.29) is 12.1 Å². The second kappa shape index (κ2) is 10.2. The van der Waals surface area contributed by atoms with Crippen LogP contribution in [0.5, 0.6) is 17.2 Å². The smallest absolute Gasteiger partial charge is 0.335 e. The van der Waals surface area contributed by atoms with Crippen LogP contribution in [-0.2, 0) is 6.54 Å². The lowest BCUT2D eigenvalue weighted by atomic mass is 10.0. The van der Waals surface area contributed by atoms with Crippen LogP contribution >= 0.6 is 0 Å². The summed E-state index contributed by atoms with van der Waals surface area (Å²) in [5, 5.41) is 24.5. The number of aliphatic hydroxyl groups is 1. The number of aromatic nitrogens is 2. The maximum Gasteiger partial charge on any atom is 0.335 e. The van der Waals surface area contributed by atoms with Gasteiger partial charge in [-0.2, -0.15) is 5.10 Å². The van der Waals surface area contributed by atoms with E-state index in [1.54, 1.807) is 37.1 Å². The second-order valence-corrected chi connectivity index (χ2v) is 7.15. The van der Waals surface area contributed by atoms with Crippen LogP contribution in [0.1, 0.15) is 30.6 Å². The van der Waals surface area contributed by atoms with Gasteiger partial charge in [-0.05, 0) is 49.7 Å². The van der Waals surface area contributed by atoms with Gasteiger partial charge in [0.05, 0.1) is 50.4 Å². The number of methoxy groups -OCH3 is 2. The number of aromatic carboxylic acids is 1. The van der Waals surface area contributed by atoms with E-state index in [2.05, 4.69) is 0 Å². The molecule has 2 aromatic carbocycles. The third kappa shape index (κ3) is 4.70. The van der Waals surface area contributed by atoms with Crippen molar-refractivity contribution in [3.63, 3.8) is 0 Å². The molecule has 170 valence electrons. The maximum atomic E-state index is 11.6. The van der Waals surface area contributed by atoms with Crippen molar-refractivity contribution in [3.8, 4) is 39.8 Å². The van der Waals surface area contributed by atoms with Gasteiger partial charge in [-0.3, -0.25) is 4.68 Å². The molecule has 0 saturated heterocycles. The number of ether oxygens (including phenoxy) is 3. The maximum absolute atomic E-state index is 11.6. The van der Waals surface area contributed by atoms with Crippen LogP contribution in [0.3, 0.4) is 0 Å². The Balaban J connectivity index is 2.23. The number of carboxylic acid groups (broad SMARTS) is 1. The average Bonchev–Trinajstić information content (AvgIpc) is 3.21. The van der Waals surface area contributed by atoms with Crippen LogP contribution in [0.15, 0.2) is 42.5 Å². The molecule has 0 aliphatic rings. The molecule has 0 unspecified atom stereocenters. The highest BCUT2D eigenvalue weighted by atomic mass is 16.5. The van der Waals surface area contributed by atoms with Gasteiger partial charge in [0.1, 0.15) is 5.75 Å². The number of aliphatic hydroxyl groups excluding tert-OH is 1. The van der Waals surface area contributed by atoms with E-state index in [1.165, 1.54) is 6.07 Å². The Bertz CT molecular complexity index is 1090. The molecule has 0 saturated carbocycles. The zero-order valence-corrected chi connectivity index (χ0v) is 18.7. The van der Waals surface area contributed by atoms with E-state index in [9.17, 15) is 15.0 Å². The van der Waals surface area contributed by atoms with Crippen molar-refractivity contribution in [1.29, 1.82) is 0 Å². The van der Waals surface area contributed by atoms with Crippen LogP contribution in [0.2, 0.25) is 0 Å². The molecule has 0 amide bonds. The normalized spacial score (nSPS) is 11.8. The van der Waals surface area contributed by atoms with Crippen LogP contribution in [0.4, 0.5) is 0 Å². The van der Waals surface area contributed by atoms with Crippen LogP contribution in [0.25, 0.3) is 22.5 Å². The molecule has 0 aliphatic heterocycles. The summed E-state index contributed by atoms with van der Waals surface area (Å²) in [5.74, 6) is 0.600. The molecule has 3 rings (SSSR count). The fraction of sp³-hybridized carbons (Fsp3) is 0.333. The van der Waals surface area contributed by atoms with Crippen molar-refractivity contribution in [2.45, 2.75) is 32.9 Å². The van der Waals surface area contributed by atoms with Crippen molar-refractivity contribution < 1.29 is 29.2 Å². The monoisotopic (exact) mass is 440 g/mol. The molecule has 8 nitrogen and oxygen atoms in total. The van der Waals surface area contributed by atoms with Crippen LogP contribution in [0, 0.1) is 0 Å². The molecular formula is C24H28N2O6. The van der Waals surface area contributed by atoms with Gasteiger partial charge in [0, 0.05) is 11.1 Å². The Hall–Kier alpha value is -3.52. The van der Waals surface area contributed by atoms with E-state index in [0.29, 0.717) is 47.2 Å². The van der Waals surface area contributed by atoms with E-state index < -0.39 is 12.1 Å². The SMILES string of the molecule is CCOc1ccc(C(=O)O)cc1-c1cc(-c2cccc(OC)c2OC)n(C[C@@H](O)CC)n1. The van der Waals surface area contributed by atoms with Crippen molar-refractivity contribution in [2.24, 2.45) is 0 Å². The molecule has 0 fully saturated rings. The molecule has 0 aliphatic carbocycles. The molecule has 1 heterocycles. The lowest BCUT2D eigenvalue weighted by molar-refractivity contribution is 0.0697. The standard InChI is InChI=1S/C24H28N2O6/c1-5-16(27)14-26-20(17-8-7-9-22(30-3)23(17)31-4)13-19(25-26)18-12-15(24(28)29)10-11-21(18)32-6-2/h7-13,16,27H,5-6,14H2,1-4H3,(H,28,29)/t16-/m0/s1. The number of para-hydroxylation sites is 1. The molecule has 2 N–H and O–H groups in total. The lowest BCUT2D eigenvalue weighted by Gasteiger charge is -2.15. The Kier molecular flexibility index (Phi) is 7.37. The van der Waals surface area contributed by atoms with E-state index in [0.717, 1.165) is 5.56 Å². The molecule has 1 atom stereocenters. The van der Waals surface area contributed by atoms with Gasteiger partial charge in [0.15, 0.2) is 11.5 Å². The summed E-state index contributed by atoms with van der Waals surface area (Å²) < 4.78 is 18.5. The fourth-order valence-electron chi connectivity index (χ4n) is 3.47. The number of carbonyl (C=O) groups is 1. The van der Waals surface area contributed by atoms with E-state index >= 15 is 0 Å². The van der Waals surface area contributed by atoms with Crippen molar-refractivity contribution >= 4 is 5.97 Å². The first-order chi connectivity index (χ1) is 15.4. The summed E-state index contributed by atoms with van der Waals surface area (Å²) in [6.45, 7) is 4.43. The Morgan fingerprint density at radius 3 is 2.47 bits per heavy atom. The van der Waals surface area contributed by atoms with Gasteiger partial charge in [0.2, 0.25) is 0 Å². The molecule has 0 radical (unpaired) electrons. The number of hydrogen-bond donors (Lipinski definition) is 2. The molecule has 0 spiro atoms. The third-order valence-corrected chi connectivity index (χ3v) is 5.12. The quantitative estimate of drug-likeness (QED) is 0.489. The molecule has 1 aromatic heterocycles. The highest BCUT2D eigenvalue weighted by Crippen LogP contribution is 2.40. The molecule has 8 heteroatoms. The second-order valence-electron chi connectivity index (χ2n) is 7.15. The largest absolute Gasteiger partial charge is 0.493 e. The minimum atomic E-state index is -1.04. The Morgan fingerprint density at radius 1 is 1.06 bits per heavy atom. The number of benzene rings is 2. The summed E-state index contributed by atoms with van der Waals surface area (Å²) in [4.78, 5) is 11.6. The highest BCUT2D eigenvalue weighted by molar-refractivity contribution is 5.90. The molecule has 0 bridgehead atoms. The predicted molar refractivity (Wildman–Crippen MR) is 121 cm³/mol. The predicted octanol–water partition coefficient (Wildman–Crippen LogP) is 4.10. The van der Waals surface area contributed by atoms with E-state index in [1.807, 2.05) is 32.0 Å². The lowest BCUT2D eigenvalue weighted by Crippen LogP contribution is -2.16. The fourth-order valence-corrected chi connectivity index (χ4v) is 3.47. The van der Waals surface area contributed by atoms with E-state index in [4.69, 9.17) is 19.3 Å². The van der Waals surface area contributed by atoms with Gasteiger partial charge in [-0.15, -0.1) is 0 Å². The first kappa shape index (κ1) is 23.1. The van der Waals surface area contributed by atoms with Gasteiger partial charge in [-0.25, -0.2) is 4.79 Å². The topological polar surface area (TPSA) is 103 Å². The summed E-state index contributed by atoms with van der Waals surface area (Å²) in [7, 11) is 3.13. The summed E-state index contributed by atoms with van der Waals surface area (Å²) in [6.07, 6.45) is -0.0439. The van der Waals surface area contributed by atoms with Crippen LogP contribution in [-0.4, -0.2) is 52.9 Å². The zero-order chi connectivity index (χ0) is 23.3. The van der Waals surface area contributed by atoms with Crippen LogP contribution < -0.4 is 14.2 Å². The Morgan fingerprint density at radius 2 is 1.84 bits per heavy atom. The minimum absolute atomic E-state index is 0.132. The van der Waals surface area contributed by atoms with Gasteiger partial charge < -0.3 is 24.4 Å². The van der Waals surface area contributed by atoms with Gasteiger partial charge in [0.25, 0.3) is 0 Å². The summed E-state index contributed by atoms with van der Waals surface area (Å²) in [5.41, 5.74) is 2.65. The van der Waals surface area contributed by atoms with Crippen molar-refractivity contribution in [2.75, 3.05) is 20.8 Å². The zero-order valence-electron chi connectivity index (χ0n) is 18.7. The first-order valence-electron chi connectivity index (χ1n) is 10.4. The molecular weight excluding hydrogens is 412 g/mol. The third-order valence-electron chi connectivity index (χ3n) is 5.12. The average molecular weight is 440 g/mol. The number of hydrogen-bond acceptors (Lipinski definition) is 6. The first-order valence-corrected chi connectivity index (χ1v) is 10.4. The van der Waals surface area contributed by atoms with Gasteiger partial charge in [-0.1, -0.05) is 13.0 Å². The summed E-state index contributed by atoms with van der Waals surface area (Å²) >= 11 is 0. The summed E-state index contributed by atoms with van der Waals surface area (Å²) in [6, 6.07) is 12.0. The highest BCUT2D eigenvalue weighted by Gasteiger charge is 2.21. The van der Waals surface area contributed by atoms with Crippen molar-refractivity contribution in [3.05, 3.63) is 48.0 Å². The number of nitrogens with zero attached hydrogens (tertiary/aromatic N) is 2. The van der Waals surface area contributed by atoms with Gasteiger partial charge >= 0.3 is 5.97 Å². The Labute approximate surface area is 187 Å². The molecule has 3 aromatic rings. The minimum Gasteiger partial charge on any atom is -0.493 e. The number of carboxylic acids is 1. The number of rotatable bonds is 10. The van der Waals surface area contributed by atoms with Crippen molar-refractivity contribution in [1.82, 2.24) is 9.78 Å². The molecule has 32 heavy (non-hydrogen) atoms.